The Hall–Kier alpha value is 0.190. The molecule has 114 valence electrons. The fourth-order valence-corrected chi connectivity index (χ4v) is 4.20. The van der Waals surface area contributed by atoms with Crippen LogP contribution in [-0.4, -0.2) is 71.5 Å². The lowest BCUT2D eigenvalue weighted by atomic mass is 10.1. The van der Waals surface area contributed by atoms with Gasteiger partial charge in [0.1, 0.15) is 26.6 Å². The number of nitrogens with zero attached hydrogens (tertiary/aromatic N) is 4. The molecular formula is C14H18I2N4O. The van der Waals surface area contributed by atoms with Crippen LogP contribution in [0.1, 0.15) is 10.4 Å². The largest absolute Gasteiger partial charge is 1.00 e. The van der Waals surface area contributed by atoms with Crippen molar-refractivity contribution in [1.29, 1.82) is 0 Å². The smallest absolute Gasteiger partial charge is 0.217 e. The molecule has 0 spiro atoms. The van der Waals surface area contributed by atoms with Crippen molar-refractivity contribution >= 4 is 28.4 Å². The second-order valence-corrected chi connectivity index (χ2v) is 7.54. The van der Waals surface area contributed by atoms with Gasteiger partial charge in [0, 0.05) is 9.13 Å². The second-order valence-electron chi connectivity index (χ2n) is 6.29. The molecular weight excluding hydrogens is 494 g/mol. The van der Waals surface area contributed by atoms with Gasteiger partial charge in [-0.15, -0.1) is 0 Å². The molecule has 0 saturated carbocycles. The zero-order valence-electron chi connectivity index (χ0n) is 11.7. The van der Waals surface area contributed by atoms with Crippen LogP contribution in [0.3, 0.4) is 0 Å². The first-order valence-electron chi connectivity index (χ1n) is 6.93. The molecule has 4 fully saturated rings. The maximum absolute atomic E-state index is 12.6. The molecule has 1 aromatic rings. The summed E-state index contributed by atoms with van der Waals surface area (Å²) in [7, 11) is 0. The summed E-state index contributed by atoms with van der Waals surface area (Å²) in [4.78, 5) is 19.9. The minimum absolute atomic E-state index is 0. The Morgan fingerprint density at radius 3 is 1.95 bits per heavy atom. The Balaban J connectivity index is 0.00000132. The van der Waals surface area contributed by atoms with Gasteiger partial charge in [-0.1, -0.05) is 12.1 Å². The maximum Gasteiger partial charge on any atom is 0.217 e. The predicted molar refractivity (Wildman–Crippen MR) is 83.3 cm³/mol. The molecule has 0 radical (unpaired) electrons. The number of benzene rings is 1. The monoisotopic (exact) mass is 512 g/mol. The number of rotatable bonds is 3. The molecule has 0 aromatic heterocycles. The van der Waals surface area contributed by atoms with E-state index in [9.17, 15) is 4.79 Å². The van der Waals surface area contributed by atoms with Gasteiger partial charge < -0.3 is 24.0 Å². The van der Waals surface area contributed by atoms with Crippen LogP contribution in [0.15, 0.2) is 24.3 Å². The van der Waals surface area contributed by atoms with E-state index in [0.717, 1.165) is 50.1 Å². The molecule has 21 heavy (non-hydrogen) atoms. The number of hydrogen-bond donors (Lipinski definition) is 0. The highest BCUT2D eigenvalue weighted by atomic mass is 127. The molecule has 5 rings (SSSR count). The topological polar surface area (TPSA) is 26.8 Å². The normalized spacial score (nSPS) is 36.3. The van der Waals surface area contributed by atoms with Gasteiger partial charge in [0.25, 0.3) is 0 Å². The highest BCUT2D eigenvalue weighted by Crippen LogP contribution is 2.28. The van der Waals surface area contributed by atoms with Crippen molar-refractivity contribution in [3.8, 4) is 0 Å². The highest BCUT2D eigenvalue weighted by molar-refractivity contribution is 14.1. The molecule has 1 aromatic carbocycles. The minimum atomic E-state index is 0. The lowest BCUT2D eigenvalue weighted by Crippen LogP contribution is -3.00. The summed E-state index contributed by atoms with van der Waals surface area (Å²) in [6, 6.07) is 7.93. The van der Waals surface area contributed by atoms with Crippen molar-refractivity contribution in [2.24, 2.45) is 0 Å². The molecule has 0 atom stereocenters. The summed E-state index contributed by atoms with van der Waals surface area (Å²) in [5.74, 6) is 0.270. The first-order valence-corrected chi connectivity index (χ1v) is 8.01. The molecule has 0 aliphatic carbocycles. The third-order valence-electron chi connectivity index (χ3n) is 4.35. The van der Waals surface area contributed by atoms with Gasteiger partial charge in [-0.05, 0) is 34.7 Å². The van der Waals surface area contributed by atoms with Gasteiger partial charge >= 0.3 is 0 Å². The standard InChI is InChI=1S/C14H18IN4O.HI/c15-13-3-1-12(2-4-13)14(20)5-19-9-16-6-17(10-19)8-18(7-16)11-19;/h1-4H,5-11H2;1H/q+1;/p-1. The van der Waals surface area contributed by atoms with E-state index in [1.54, 1.807) is 0 Å². The van der Waals surface area contributed by atoms with Crippen LogP contribution in [0.4, 0.5) is 0 Å². The lowest BCUT2D eigenvalue weighted by molar-refractivity contribution is -0.973. The quantitative estimate of drug-likeness (QED) is 0.266. The average molecular weight is 512 g/mol. The average Bonchev–Trinajstić information content (AvgIpc) is 2.37. The van der Waals surface area contributed by atoms with Crippen LogP contribution < -0.4 is 24.0 Å². The fourth-order valence-electron chi connectivity index (χ4n) is 3.84. The van der Waals surface area contributed by atoms with E-state index < -0.39 is 0 Å². The van der Waals surface area contributed by atoms with E-state index in [-0.39, 0.29) is 29.8 Å². The molecule has 7 heteroatoms. The number of halogens is 2. The zero-order valence-corrected chi connectivity index (χ0v) is 16.0. The summed E-state index contributed by atoms with van der Waals surface area (Å²) in [5.41, 5.74) is 0.847. The van der Waals surface area contributed by atoms with E-state index in [0.29, 0.717) is 6.54 Å². The van der Waals surface area contributed by atoms with Crippen molar-refractivity contribution in [2.45, 2.75) is 0 Å². The summed E-state index contributed by atoms with van der Waals surface area (Å²) in [6.07, 6.45) is 0. The molecule has 0 amide bonds. The Morgan fingerprint density at radius 1 is 1.00 bits per heavy atom. The zero-order chi connectivity index (χ0) is 13.7. The van der Waals surface area contributed by atoms with Gasteiger partial charge in [0.05, 0.1) is 20.0 Å². The summed E-state index contributed by atoms with van der Waals surface area (Å²) >= 11 is 2.27. The van der Waals surface area contributed by atoms with Crippen LogP contribution in [-0.2, 0) is 0 Å². The summed E-state index contributed by atoms with van der Waals surface area (Å²) in [6.45, 7) is 6.86. The minimum Gasteiger partial charge on any atom is -1.00 e. The van der Waals surface area contributed by atoms with Gasteiger partial charge in [-0.3, -0.25) is 9.28 Å². The van der Waals surface area contributed by atoms with Crippen LogP contribution in [0.2, 0.25) is 0 Å². The van der Waals surface area contributed by atoms with Gasteiger partial charge in [0.15, 0.2) is 0 Å². The van der Waals surface area contributed by atoms with Crippen molar-refractivity contribution in [2.75, 3.05) is 46.6 Å². The highest BCUT2D eigenvalue weighted by Gasteiger charge is 2.49. The van der Waals surface area contributed by atoms with Gasteiger partial charge in [-0.25, -0.2) is 14.7 Å². The molecule has 0 N–H and O–H groups in total. The number of carbonyl (C=O) groups is 1. The molecule has 4 bridgehead atoms. The predicted octanol–water partition coefficient (Wildman–Crippen LogP) is -2.01. The summed E-state index contributed by atoms with van der Waals surface area (Å²) < 4.78 is 2.05. The second kappa shape index (κ2) is 6.00. The Morgan fingerprint density at radius 2 is 1.48 bits per heavy atom. The summed E-state index contributed by atoms with van der Waals surface area (Å²) in [5, 5.41) is 0. The first kappa shape index (κ1) is 16.1. The SMILES string of the molecule is O=C(C[N+]12CN3CN(CN(C3)C1)C2)c1ccc(I)cc1.[I-]. The van der Waals surface area contributed by atoms with Gasteiger partial charge in [-0.2, -0.15) is 0 Å². The number of ketones is 1. The molecule has 5 nitrogen and oxygen atoms in total. The first-order chi connectivity index (χ1) is 9.62. The Bertz CT molecular complexity index is 513. The maximum atomic E-state index is 12.6. The van der Waals surface area contributed by atoms with Crippen LogP contribution in [0.5, 0.6) is 0 Å². The van der Waals surface area contributed by atoms with Crippen molar-refractivity contribution < 1.29 is 33.3 Å². The third-order valence-corrected chi connectivity index (χ3v) is 5.06. The molecule has 4 aliphatic heterocycles. The van der Waals surface area contributed by atoms with E-state index in [1.807, 2.05) is 24.3 Å². The fraction of sp³-hybridized carbons (Fsp3) is 0.500. The number of quaternary nitrogens is 1. The van der Waals surface area contributed by atoms with Crippen LogP contribution in [0, 0.1) is 3.57 Å². The molecule has 4 heterocycles. The van der Waals surface area contributed by atoms with E-state index in [2.05, 4.69) is 37.3 Å². The number of hydrogen-bond acceptors (Lipinski definition) is 4. The molecule has 4 aliphatic rings. The van der Waals surface area contributed by atoms with Crippen LogP contribution in [0.25, 0.3) is 0 Å². The van der Waals surface area contributed by atoms with Crippen molar-refractivity contribution in [1.82, 2.24) is 14.7 Å². The van der Waals surface area contributed by atoms with Crippen molar-refractivity contribution in [3.05, 3.63) is 33.4 Å². The van der Waals surface area contributed by atoms with Crippen LogP contribution >= 0.6 is 22.6 Å². The van der Waals surface area contributed by atoms with E-state index in [1.165, 1.54) is 3.57 Å². The van der Waals surface area contributed by atoms with Gasteiger partial charge in [0.2, 0.25) is 5.78 Å². The molecule has 4 saturated heterocycles. The van der Waals surface area contributed by atoms with Crippen molar-refractivity contribution in [3.63, 3.8) is 0 Å². The van der Waals surface area contributed by atoms with E-state index in [4.69, 9.17) is 0 Å². The Kier molecular flexibility index (Phi) is 4.59. The molecule has 0 unspecified atom stereocenters. The third kappa shape index (κ3) is 3.13. The number of carbonyl (C=O) groups excluding carboxylic acids is 1. The Labute approximate surface area is 155 Å². The van der Waals surface area contributed by atoms with E-state index >= 15 is 0 Å². The lowest BCUT2D eigenvalue weighted by Gasteiger charge is -2.60. The number of Topliss-reactive ketones (excluding diaryl/α,β-unsaturated/α-hetero) is 1.